The number of ether oxygens (including phenoxy) is 2. The van der Waals surface area contributed by atoms with E-state index in [4.69, 9.17) is 21.1 Å². The molecule has 3 rings (SSSR count). The molecule has 0 radical (unpaired) electrons. The summed E-state index contributed by atoms with van der Waals surface area (Å²) in [5, 5.41) is 0.489. The van der Waals surface area contributed by atoms with E-state index in [-0.39, 0.29) is 36.5 Å². The molecule has 0 aliphatic carbocycles. The number of benzene rings is 1. The Bertz CT molecular complexity index is 666. The lowest BCUT2D eigenvalue weighted by molar-refractivity contribution is -0.150. The van der Waals surface area contributed by atoms with Crippen molar-refractivity contribution in [3.63, 3.8) is 0 Å². The van der Waals surface area contributed by atoms with Gasteiger partial charge >= 0.3 is 0 Å². The molecule has 6 nitrogen and oxygen atoms in total. The summed E-state index contributed by atoms with van der Waals surface area (Å²) in [5.74, 6) is 0.607. The van der Waals surface area contributed by atoms with Gasteiger partial charge in [-0.3, -0.25) is 9.59 Å². The lowest BCUT2D eigenvalue weighted by Crippen LogP contribution is -2.52. The van der Waals surface area contributed by atoms with E-state index in [2.05, 4.69) is 0 Å². The Morgan fingerprint density at radius 1 is 1.11 bits per heavy atom. The molecule has 1 aromatic carbocycles. The fourth-order valence-corrected chi connectivity index (χ4v) is 3.97. The highest BCUT2D eigenvalue weighted by atomic mass is 35.5. The van der Waals surface area contributed by atoms with Crippen LogP contribution in [0, 0.1) is 5.92 Å². The molecular weight excluding hydrogens is 368 g/mol. The van der Waals surface area contributed by atoms with Crippen molar-refractivity contribution in [2.45, 2.75) is 38.9 Å². The molecule has 0 saturated carbocycles. The number of carbonyl (C=O) groups excluding carboxylic acids is 2. The smallest absolute Gasteiger partial charge is 0.260 e. The van der Waals surface area contributed by atoms with Crippen LogP contribution in [0.4, 0.5) is 0 Å². The van der Waals surface area contributed by atoms with Gasteiger partial charge < -0.3 is 19.3 Å². The second-order valence-electron chi connectivity index (χ2n) is 7.37. The van der Waals surface area contributed by atoms with Gasteiger partial charge in [-0.05, 0) is 38.8 Å². The largest absolute Gasteiger partial charge is 0.482 e. The zero-order valence-corrected chi connectivity index (χ0v) is 16.7. The molecule has 2 fully saturated rings. The molecule has 7 heteroatoms. The second-order valence-corrected chi connectivity index (χ2v) is 7.78. The van der Waals surface area contributed by atoms with Crippen LogP contribution in [0.5, 0.6) is 5.75 Å². The molecular formula is C20H27ClN2O4. The summed E-state index contributed by atoms with van der Waals surface area (Å²) < 4.78 is 11.2. The number of nitrogens with zero attached hydrogens (tertiary/aromatic N) is 2. The Labute approximate surface area is 165 Å². The van der Waals surface area contributed by atoms with Crippen molar-refractivity contribution in [2.75, 3.05) is 32.8 Å². The van der Waals surface area contributed by atoms with Crippen LogP contribution < -0.4 is 4.74 Å². The maximum Gasteiger partial charge on any atom is 0.260 e. The third-order valence-corrected chi connectivity index (χ3v) is 5.43. The van der Waals surface area contributed by atoms with Gasteiger partial charge in [-0.2, -0.15) is 0 Å². The van der Waals surface area contributed by atoms with Crippen LogP contribution in [-0.2, 0) is 14.3 Å². The average molecular weight is 395 g/mol. The molecule has 0 spiro atoms. The van der Waals surface area contributed by atoms with Crippen LogP contribution in [0.3, 0.4) is 0 Å². The van der Waals surface area contributed by atoms with Crippen LogP contribution in [0.1, 0.15) is 26.7 Å². The van der Waals surface area contributed by atoms with Gasteiger partial charge in [0.1, 0.15) is 5.75 Å². The van der Waals surface area contributed by atoms with Crippen LogP contribution in [0.2, 0.25) is 5.02 Å². The molecule has 2 aliphatic rings. The van der Waals surface area contributed by atoms with Crippen LogP contribution in [-0.4, -0.2) is 66.6 Å². The van der Waals surface area contributed by atoms with Crippen molar-refractivity contribution in [3.8, 4) is 5.75 Å². The minimum atomic E-state index is -0.0746. The molecule has 2 saturated heterocycles. The first-order valence-corrected chi connectivity index (χ1v) is 9.91. The highest BCUT2D eigenvalue weighted by Gasteiger charge is 2.33. The number of hydrogen-bond acceptors (Lipinski definition) is 4. The van der Waals surface area contributed by atoms with Crippen molar-refractivity contribution in [3.05, 3.63) is 29.3 Å². The van der Waals surface area contributed by atoms with Crippen molar-refractivity contribution in [2.24, 2.45) is 5.92 Å². The van der Waals surface area contributed by atoms with Gasteiger partial charge in [0.15, 0.2) is 6.61 Å². The standard InChI is InChI=1S/C20H27ClN2O4/c1-14-11-23(12-15(2)27-14)20(25)16-7-9-22(10-8-16)19(24)13-26-18-6-4-3-5-17(18)21/h3-6,14-16H,7-13H2,1-2H3/t14-,15+. The van der Waals surface area contributed by atoms with Gasteiger partial charge in [0.25, 0.3) is 5.91 Å². The van der Waals surface area contributed by atoms with Crippen LogP contribution in [0.25, 0.3) is 0 Å². The molecule has 0 aromatic heterocycles. The van der Waals surface area contributed by atoms with E-state index in [9.17, 15) is 9.59 Å². The zero-order chi connectivity index (χ0) is 19.4. The summed E-state index contributed by atoms with van der Waals surface area (Å²) in [6, 6.07) is 7.10. The van der Waals surface area contributed by atoms with E-state index in [1.54, 1.807) is 17.0 Å². The topological polar surface area (TPSA) is 59.1 Å². The predicted molar refractivity (Wildman–Crippen MR) is 103 cm³/mol. The number of piperidine rings is 1. The Morgan fingerprint density at radius 3 is 2.37 bits per heavy atom. The summed E-state index contributed by atoms with van der Waals surface area (Å²) in [7, 11) is 0. The quantitative estimate of drug-likeness (QED) is 0.787. The Morgan fingerprint density at radius 2 is 1.74 bits per heavy atom. The lowest BCUT2D eigenvalue weighted by Gasteiger charge is -2.39. The van der Waals surface area contributed by atoms with Crippen molar-refractivity contribution < 1.29 is 19.1 Å². The number of rotatable bonds is 4. The Balaban J connectivity index is 1.46. The third kappa shape index (κ3) is 5.14. The summed E-state index contributed by atoms with van der Waals surface area (Å²) in [6.45, 7) is 6.41. The Hall–Kier alpha value is -1.79. The van der Waals surface area contributed by atoms with Gasteiger partial charge in [0.2, 0.25) is 5.91 Å². The average Bonchev–Trinajstić information content (AvgIpc) is 2.66. The first-order valence-electron chi connectivity index (χ1n) is 9.53. The number of likely N-dealkylation sites (tertiary alicyclic amines) is 1. The first kappa shape index (κ1) is 20.0. The predicted octanol–water partition coefficient (Wildman–Crippen LogP) is 2.59. The van der Waals surface area contributed by atoms with Crippen molar-refractivity contribution >= 4 is 23.4 Å². The minimum Gasteiger partial charge on any atom is -0.482 e. The number of morpholine rings is 1. The molecule has 1 aromatic rings. The van der Waals surface area contributed by atoms with Crippen LogP contribution in [0.15, 0.2) is 24.3 Å². The summed E-state index contributed by atoms with van der Waals surface area (Å²) in [5.41, 5.74) is 0. The van der Waals surface area contributed by atoms with E-state index in [1.165, 1.54) is 0 Å². The molecule has 0 N–H and O–H groups in total. The molecule has 2 aliphatic heterocycles. The number of para-hydroxylation sites is 1. The van der Waals surface area contributed by atoms with Gasteiger partial charge in [0, 0.05) is 32.1 Å². The molecule has 27 heavy (non-hydrogen) atoms. The monoisotopic (exact) mass is 394 g/mol. The molecule has 0 bridgehead atoms. The molecule has 2 heterocycles. The van der Waals surface area contributed by atoms with Gasteiger partial charge in [-0.1, -0.05) is 23.7 Å². The summed E-state index contributed by atoms with van der Waals surface area (Å²) in [6.07, 6.45) is 1.52. The summed E-state index contributed by atoms with van der Waals surface area (Å²) in [4.78, 5) is 28.9. The zero-order valence-electron chi connectivity index (χ0n) is 15.9. The molecule has 2 amide bonds. The number of halogens is 1. The van der Waals surface area contributed by atoms with E-state index in [1.807, 2.05) is 30.9 Å². The van der Waals surface area contributed by atoms with E-state index >= 15 is 0 Å². The fraction of sp³-hybridized carbons (Fsp3) is 0.600. The molecule has 0 unspecified atom stereocenters. The van der Waals surface area contributed by atoms with E-state index in [0.717, 1.165) is 0 Å². The second kappa shape index (κ2) is 8.93. The molecule has 148 valence electrons. The van der Waals surface area contributed by atoms with E-state index < -0.39 is 0 Å². The first-order chi connectivity index (χ1) is 12.9. The van der Waals surface area contributed by atoms with Crippen LogP contribution >= 0.6 is 11.6 Å². The van der Waals surface area contributed by atoms with Gasteiger partial charge in [-0.15, -0.1) is 0 Å². The normalized spacial score (nSPS) is 24.0. The third-order valence-electron chi connectivity index (χ3n) is 5.12. The van der Waals surface area contributed by atoms with Gasteiger partial charge in [-0.25, -0.2) is 0 Å². The van der Waals surface area contributed by atoms with Crippen molar-refractivity contribution in [1.82, 2.24) is 9.80 Å². The Kier molecular flexibility index (Phi) is 6.60. The molecule has 2 atom stereocenters. The minimum absolute atomic E-state index is 0.0176. The number of carbonyl (C=O) groups is 2. The number of amides is 2. The fourth-order valence-electron chi connectivity index (χ4n) is 3.78. The maximum atomic E-state index is 12.8. The summed E-state index contributed by atoms with van der Waals surface area (Å²) >= 11 is 6.04. The maximum absolute atomic E-state index is 12.8. The SMILES string of the molecule is C[C@@H]1CN(C(=O)C2CCN(C(=O)COc3ccccc3Cl)CC2)C[C@H](C)O1. The highest BCUT2D eigenvalue weighted by Crippen LogP contribution is 2.24. The van der Waals surface area contributed by atoms with E-state index in [0.29, 0.717) is 49.8 Å². The van der Waals surface area contributed by atoms with Gasteiger partial charge in [0.05, 0.1) is 17.2 Å². The highest BCUT2D eigenvalue weighted by molar-refractivity contribution is 6.32. The number of hydrogen-bond donors (Lipinski definition) is 0. The lowest BCUT2D eigenvalue weighted by atomic mass is 9.94. The van der Waals surface area contributed by atoms with Crippen molar-refractivity contribution in [1.29, 1.82) is 0 Å².